The highest BCUT2D eigenvalue weighted by molar-refractivity contribution is 6.16. The Hall–Kier alpha value is -1.52. The first-order chi connectivity index (χ1) is 9.01. The molecule has 2 N–H and O–H groups in total. The molecule has 0 saturated heterocycles. The van der Waals surface area contributed by atoms with Crippen LogP contribution in [0, 0.1) is 11.8 Å². The third-order valence-electron chi connectivity index (χ3n) is 5.21. The molecule has 1 aromatic carbocycles. The fraction of sp³-hybridized carbons (Fsp3) is 0.467. The van der Waals surface area contributed by atoms with Crippen LogP contribution in [0.15, 0.2) is 24.3 Å². The van der Waals surface area contributed by atoms with E-state index in [-0.39, 0.29) is 28.7 Å². The van der Waals surface area contributed by atoms with Gasteiger partial charge in [-0.2, -0.15) is 0 Å². The van der Waals surface area contributed by atoms with E-state index in [4.69, 9.17) is 0 Å². The Morgan fingerprint density at radius 3 is 2.63 bits per heavy atom. The summed E-state index contributed by atoms with van der Waals surface area (Å²) in [5, 5.41) is 21.8. The molecule has 4 atom stereocenters. The zero-order valence-electron chi connectivity index (χ0n) is 10.3. The SMILES string of the molecule is O=C1[C@@H]2CC[C@H](C2)[C@@]2(O)C(=O)c3ccccc3[C@@]12O. The van der Waals surface area contributed by atoms with Crippen molar-refractivity contribution in [2.45, 2.75) is 30.5 Å². The predicted octanol–water partition coefficient (Wildman–Crippen LogP) is 0.801. The zero-order valence-corrected chi connectivity index (χ0v) is 10.3. The van der Waals surface area contributed by atoms with Gasteiger partial charge < -0.3 is 10.2 Å². The van der Waals surface area contributed by atoms with Gasteiger partial charge in [0.1, 0.15) is 0 Å². The van der Waals surface area contributed by atoms with Gasteiger partial charge in [-0.1, -0.05) is 24.3 Å². The lowest BCUT2D eigenvalue weighted by molar-refractivity contribution is -0.184. The molecular weight excluding hydrogens is 244 g/mol. The van der Waals surface area contributed by atoms with Gasteiger partial charge in [0.15, 0.2) is 22.8 Å². The third kappa shape index (κ3) is 0.977. The Morgan fingerprint density at radius 1 is 1.11 bits per heavy atom. The van der Waals surface area contributed by atoms with Crippen LogP contribution in [0.2, 0.25) is 0 Å². The van der Waals surface area contributed by atoms with E-state index in [1.807, 2.05) is 0 Å². The van der Waals surface area contributed by atoms with Gasteiger partial charge in [0.2, 0.25) is 0 Å². The van der Waals surface area contributed by atoms with Crippen molar-refractivity contribution in [3.63, 3.8) is 0 Å². The number of fused-ring (bicyclic) bond motifs is 6. The second-order valence-corrected chi connectivity index (χ2v) is 5.92. The Morgan fingerprint density at radius 2 is 1.84 bits per heavy atom. The number of hydrogen-bond acceptors (Lipinski definition) is 4. The molecule has 4 nitrogen and oxygen atoms in total. The molecular formula is C15H14O4. The molecule has 0 radical (unpaired) electrons. The first-order valence-electron chi connectivity index (χ1n) is 6.64. The zero-order chi connectivity index (χ0) is 13.4. The van der Waals surface area contributed by atoms with Gasteiger partial charge in [-0.15, -0.1) is 0 Å². The number of aliphatic hydroxyl groups is 2. The second-order valence-electron chi connectivity index (χ2n) is 5.92. The molecule has 2 bridgehead atoms. The lowest BCUT2D eigenvalue weighted by atomic mass is 9.65. The summed E-state index contributed by atoms with van der Waals surface area (Å²) >= 11 is 0. The van der Waals surface area contributed by atoms with Crippen molar-refractivity contribution in [3.05, 3.63) is 35.4 Å². The highest BCUT2D eigenvalue weighted by Gasteiger charge is 2.73. The van der Waals surface area contributed by atoms with Crippen LogP contribution in [0.1, 0.15) is 35.2 Å². The van der Waals surface area contributed by atoms with Crippen LogP contribution < -0.4 is 0 Å². The number of carbonyl (C=O) groups excluding carboxylic acids is 2. The van der Waals surface area contributed by atoms with Crippen molar-refractivity contribution in [2.24, 2.45) is 11.8 Å². The molecule has 2 fully saturated rings. The summed E-state index contributed by atoms with van der Waals surface area (Å²) in [5.41, 5.74) is -3.43. The standard InChI is InChI=1S/C15H14O4/c16-12-8-5-6-9(7-8)14(18)13(17)10-3-1-2-4-11(10)15(12,14)19/h1-4,8-9,18-19H,5-7H2/t8-,9-,14-,15-/m1/s1. The summed E-state index contributed by atoms with van der Waals surface area (Å²) in [6.45, 7) is 0. The third-order valence-corrected chi connectivity index (χ3v) is 5.21. The normalized spacial score (nSPS) is 43.3. The van der Waals surface area contributed by atoms with Crippen LogP contribution >= 0.6 is 0 Å². The number of Topliss-reactive ketones (excluding diaryl/α,β-unsaturated/α-hetero) is 2. The monoisotopic (exact) mass is 258 g/mol. The Kier molecular flexibility index (Phi) is 1.87. The maximum Gasteiger partial charge on any atom is 0.198 e. The smallest absolute Gasteiger partial charge is 0.198 e. The van der Waals surface area contributed by atoms with Gasteiger partial charge in [-0.3, -0.25) is 9.59 Å². The van der Waals surface area contributed by atoms with Crippen molar-refractivity contribution in [1.82, 2.24) is 0 Å². The Labute approximate surface area is 110 Å². The van der Waals surface area contributed by atoms with Crippen LogP contribution in [-0.4, -0.2) is 27.4 Å². The summed E-state index contributed by atoms with van der Waals surface area (Å²) < 4.78 is 0. The summed E-state index contributed by atoms with van der Waals surface area (Å²) in [6, 6.07) is 6.52. The Bertz CT molecular complexity index is 622. The van der Waals surface area contributed by atoms with Crippen LogP contribution in [-0.2, 0) is 10.4 Å². The van der Waals surface area contributed by atoms with Crippen LogP contribution in [0.4, 0.5) is 0 Å². The molecule has 0 aromatic heterocycles. The summed E-state index contributed by atoms with van der Waals surface area (Å²) in [5.74, 6) is -1.43. The van der Waals surface area contributed by atoms with Gasteiger partial charge in [0.05, 0.1) is 0 Å². The molecule has 0 heterocycles. The molecule has 0 aliphatic heterocycles. The van der Waals surface area contributed by atoms with E-state index >= 15 is 0 Å². The van der Waals surface area contributed by atoms with Gasteiger partial charge >= 0.3 is 0 Å². The van der Waals surface area contributed by atoms with Crippen molar-refractivity contribution < 1.29 is 19.8 Å². The van der Waals surface area contributed by atoms with Crippen LogP contribution in [0.25, 0.3) is 0 Å². The van der Waals surface area contributed by atoms with Gasteiger partial charge in [0, 0.05) is 17.0 Å². The molecule has 0 unspecified atom stereocenters. The molecule has 0 amide bonds. The van der Waals surface area contributed by atoms with Crippen molar-refractivity contribution in [2.75, 3.05) is 0 Å². The lowest BCUT2D eigenvalue weighted by Gasteiger charge is -2.43. The van der Waals surface area contributed by atoms with E-state index in [0.717, 1.165) is 0 Å². The second kappa shape index (κ2) is 3.14. The summed E-state index contributed by atoms with van der Waals surface area (Å²) in [4.78, 5) is 25.1. The number of hydrogen-bond donors (Lipinski definition) is 2. The largest absolute Gasteiger partial charge is 0.378 e. The van der Waals surface area contributed by atoms with Gasteiger partial charge in [0.25, 0.3) is 0 Å². The first-order valence-corrected chi connectivity index (χ1v) is 6.64. The van der Waals surface area contributed by atoms with E-state index in [1.165, 1.54) is 0 Å². The lowest BCUT2D eigenvalue weighted by Crippen LogP contribution is -2.63. The minimum atomic E-state index is -2.04. The van der Waals surface area contributed by atoms with Crippen LogP contribution in [0.5, 0.6) is 0 Å². The fourth-order valence-corrected chi connectivity index (χ4v) is 4.27. The molecule has 3 aliphatic rings. The fourth-order valence-electron chi connectivity index (χ4n) is 4.27. The maximum absolute atomic E-state index is 12.5. The summed E-state index contributed by atoms with van der Waals surface area (Å²) in [6.07, 6.45) is 1.79. The topological polar surface area (TPSA) is 74.6 Å². The summed E-state index contributed by atoms with van der Waals surface area (Å²) in [7, 11) is 0. The average Bonchev–Trinajstić information content (AvgIpc) is 2.96. The van der Waals surface area contributed by atoms with E-state index in [2.05, 4.69) is 0 Å². The minimum Gasteiger partial charge on any atom is -0.378 e. The minimum absolute atomic E-state index is 0.228. The quantitative estimate of drug-likeness (QED) is 0.722. The molecule has 19 heavy (non-hydrogen) atoms. The maximum atomic E-state index is 12.5. The van der Waals surface area contributed by atoms with E-state index in [0.29, 0.717) is 19.3 Å². The first kappa shape index (κ1) is 11.3. The number of ketones is 2. The molecule has 4 heteroatoms. The number of rotatable bonds is 0. The Balaban J connectivity index is 2.06. The number of carbonyl (C=O) groups is 2. The van der Waals surface area contributed by atoms with Crippen LogP contribution in [0.3, 0.4) is 0 Å². The van der Waals surface area contributed by atoms with Crippen molar-refractivity contribution >= 4 is 11.6 Å². The average molecular weight is 258 g/mol. The molecule has 3 aliphatic carbocycles. The van der Waals surface area contributed by atoms with Crippen molar-refractivity contribution in [1.29, 1.82) is 0 Å². The van der Waals surface area contributed by atoms with Crippen molar-refractivity contribution in [3.8, 4) is 0 Å². The van der Waals surface area contributed by atoms with Gasteiger partial charge in [-0.25, -0.2) is 0 Å². The van der Waals surface area contributed by atoms with Gasteiger partial charge in [-0.05, 0) is 25.2 Å². The predicted molar refractivity (Wildman–Crippen MR) is 65.5 cm³/mol. The highest BCUT2D eigenvalue weighted by Crippen LogP contribution is 2.59. The highest BCUT2D eigenvalue weighted by atomic mass is 16.4. The molecule has 0 spiro atoms. The number of benzene rings is 1. The molecule has 4 rings (SSSR count). The van der Waals surface area contributed by atoms with E-state index in [1.54, 1.807) is 24.3 Å². The molecule has 1 aromatic rings. The van der Waals surface area contributed by atoms with E-state index in [9.17, 15) is 19.8 Å². The molecule has 2 saturated carbocycles. The molecule has 98 valence electrons. The van der Waals surface area contributed by atoms with E-state index < -0.39 is 17.0 Å².